The summed E-state index contributed by atoms with van der Waals surface area (Å²) in [6.07, 6.45) is 0. The van der Waals surface area contributed by atoms with Gasteiger partial charge in [-0.2, -0.15) is 0 Å². The number of rotatable bonds is 3. The molecule has 0 atom stereocenters. The van der Waals surface area contributed by atoms with Crippen molar-refractivity contribution in [1.82, 2.24) is 9.97 Å². The van der Waals surface area contributed by atoms with Crippen molar-refractivity contribution in [3.05, 3.63) is 53.3 Å². The molecule has 0 aliphatic heterocycles. The highest BCUT2D eigenvalue weighted by Crippen LogP contribution is 2.26. The van der Waals surface area contributed by atoms with E-state index in [0.29, 0.717) is 10.6 Å². The molecule has 0 bridgehead atoms. The average Bonchev–Trinajstić information content (AvgIpc) is 2.88. The SMILES string of the molecule is Cc1nc2ccc(N(C)S(=O)(=O)c3ccc(C)c(C)c3)cc2[nH]1. The Kier molecular flexibility index (Phi) is 3.64. The van der Waals surface area contributed by atoms with Crippen LogP contribution >= 0.6 is 0 Å². The molecule has 3 rings (SSSR count). The maximum Gasteiger partial charge on any atom is 0.264 e. The number of nitrogens with one attached hydrogen (secondary N) is 1. The zero-order valence-electron chi connectivity index (χ0n) is 13.6. The van der Waals surface area contributed by atoms with Gasteiger partial charge >= 0.3 is 0 Å². The lowest BCUT2D eigenvalue weighted by atomic mass is 10.1. The van der Waals surface area contributed by atoms with Crippen LogP contribution in [0.3, 0.4) is 0 Å². The van der Waals surface area contributed by atoms with Crippen molar-refractivity contribution in [3.8, 4) is 0 Å². The van der Waals surface area contributed by atoms with Gasteiger partial charge in [0.05, 0.1) is 21.6 Å². The largest absolute Gasteiger partial charge is 0.342 e. The van der Waals surface area contributed by atoms with Crippen molar-refractivity contribution in [2.45, 2.75) is 25.7 Å². The Balaban J connectivity index is 2.05. The Bertz CT molecular complexity index is 990. The monoisotopic (exact) mass is 329 g/mol. The minimum absolute atomic E-state index is 0.295. The summed E-state index contributed by atoms with van der Waals surface area (Å²) in [6, 6.07) is 10.6. The van der Waals surface area contributed by atoms with Gasteiger partial charge in [0.25, 0.3) is 10.0 Å². The van der Waals surface area contributed by atoms with Crippen LogP contribution < -0.4 is 4.31 Å². The molecule has 0 amide bonds. The first-order valence-corrected chi connectivity index (χ1v) is 8.75. The topological polar surface area (TPSA) is 66.1 Å². The zero-order valence-corrected chi connectivity index (χ0v) is 14.4. The van der Waals surface area contributed by atoms with Gasteiger partial charge in [-0.3, -0.25) is 4.31 Å². The quantitative estimate of drug-likeness (QED) is 0.801. The van der Waals surface area contributed by atoms with Crippen molar-refractivity contribution < 1.29 is 8.42 Å². The molecular formula is C17H19N3O2S. The van der Waals surface area contributed by atoms with E-state index in [-0.39, 0.29) is 0 Å². The fraction of sp³-hybridized carbons (Fsp3) is 0.235. The van der Waals surface area contributed by atoms with Crippen molar-refractivity contribution in [1.29, 1.82) is 0 Å². The number of imidazole rings is 1. The Morgan fingerprint density at radius 1 is 1.00 bits per heavy atom. The van der Waals surface area contributed by atoms with E-state index in [1.54, 1.807) is 31.3 Å². The summed E-state index contributed by atoms with van der Waals surface area (Å²) in [5, 5.41) is 0. The molecule has 0 aliphatic carbocycles. The average molecular weight is 329 g/mol. The van der Waals surface area contributed by atoms with Crippen molar-refractivity contribution >= 4 is 26.7 Å². The van der Waals surface area contributed by atoms with Gasteiger partial charge in [0.1, 0.15) is 5.82 Å². The third-order valence-corrected chi connectivity index (χ3v) is 5.87. The van der Waals surface area contributed by atoms with E-state index in [2.05, 4.69) is 9.97 Å². The lowest BCUT2D eigenvalue weighted by Crippen LogP contribution is -2.26. The minimum atomic E-state index is -3.59. The van der Waals surface area contributed by atoms with Crippen LogP contribution in [0.15, 0.2) is 41.3 Å². The minimum Gasteiger partial charge on any atom is -0.342 e. The summed E-state index contributed by atoms with van der Waals surface area (Å²) < 4.78 is 27.0. The van der Waals surface area contributed by atoms with Crippen LogP contribution in [-0.2, 0) is 10.0 Å². The normalized spacial score (nSPS) is 11.8. The number of benzene rings is 2. The fourth-order valence-corrected chi connectivity index (χ4v) is 3.77. The number of aromatic amines is 1. The van der Waals surface area contributed by atoms with Crippen LogP contribution in [0.5, 0.6) is 0 Å². The van der Waals surface area contributed by atoms with E-state index < -0.39 is 10.0 Å². The summed E-state index contributed by atoms with van der Waals surface area (Å²) in [4.78, 5) is 7.76. The van der Waals surface area contributed by atoms with E-state index in [4.69, 9.17) is 0 Å². The molecular weight excluding hydrogens is 310 g/mol. The highest BCUT2D eigenvalue weighted by atomic mass is 32.2. The van der Waals surface area contributed by atoms with Crippen LogP contribution in [0.1, 0.15) is 17.0 Å². The number of aryl methyl sites for hydroxylation is 3. The summed E-state index contributed by atoms with van der Waals surface area (Å²) in [7, 11) is -2.03. The summed E-state index contributed by atoms with van der Waals surface area (Å²) in [5.41, 5.74) is 4.27. The molecule has 1 aromatic heterocycles. The van der Waals surface area contributed by atoms with Gasteiger partial charge in [0, 0.05) is 7.05 Å². The number of sulfonamides is 1. The maximum atomic E-state index is 12.8. The summed E-state index contributed by atoms with van der Waals surface area (Å²) in [5.74, 6) is 0.803. The van der Waals surface area contributed by atoms with Gasteiger partial charge in [-0.15, -0.1) is 0 Å². The molecule has 0 saturated carbocycles. The Morgan fingerprint density at radius 3 is 2.43 bits per heavy atom. The Morgan fingerprint density at radius 2 is 1.74 bits per heavy atom. The molecule has 0 spiro atoms. The highest BCUT2D eigenvalue weighted by Gasteiger charge is 2.22. The molecule has 0 fully saturated rings. The van der Waals surface area contributed by atoms with Crippen molar-refractivity contribution in [2.24, 2.45) is 0 Å². The third-order valence-electron chi connectivity index (χ3n) is 4.08. The molecule has 6 heteroatoms. The smallest absolute Gasteiger partial charge is 0.264 e. The van der Waals surface area contributed by atoms with Crippen LogP contribution in [0, 0.1) is 20.8 Å². The number of hydrogen-bond donors (Lipinski definition) is 1. The third kappa shape index (κ3) is 2.70. The maximum absolute atomic E-state index is 12.8. The van der Waals surface area contributed by atoms with E-state index in [1.165, 1.54) is 4.31 Å². The molecule has 0 aliphatic rings. The standard InChI is InChI=1S/C17H19N3O2S/c1-11-5-7-15(9-12(11)2)23(21,22)20(4)14-6-8-16-17(10-14)19-13(3)18-16/h5-10H,1-4H3,(H,18,19). The first-order chi connectivity index (χ1) is 10.8. The number of nitrogens with zero attached hydrogens (tertiary/aromatic N) is 2. The molecule has 23 heavy (non-hydrogen) atoms. The number of H-pyrrole nitrogens is 1. The van der Waals surface area contributed by atoms with Crippen LogP contribution in [0.4, 0.5) is 5.69 Å². The molecule has 3 aromatic rings. The van der Waals surface area contributed by atoms with Crippen LogP contribution in [0.2, 0.25) is 0 Å². The second-order valence-corrected chi connectivity index (χ2v) is 7.71. The van der Waals surface area contributed by atoms with Gasteiger partial charge in [-0.25, -0.2) is 13.4 Å². The van der Waals surface area contributed by atoms with E-state index in [0.717, 1.165) is 28.0 Å². The molecule has 0 unspecified atom stereocenters. The molecule has 120 valence electrons. The summed E-state index contributed by atoms with van der Waals surface area (Å²) >= 11 is 0. The first kappa shape index (κ1) is 15.6. The number of aromatic nitrogens is 2. The lowest BCUT2D eigenvalue weighted by molar-refractivity contribution is 0.594. The lowest BCUT2D eigenvalue weighted by Gasteiger charge is -2.20. The highest BCUT2D eigenvalue weighted by molar-refractivity contribution is 7.92. The number of hydrogen-bond acceptors (Lipinski definition) is 3. The molecule has 2 aromatic carbocycles. The van der Waals surface area contributed by atoms with Gasteiger partial charge in [0.15, 0.2) is 0 Å². The molecule has 1 N–H and O–H groups in total. The second-order valence-electron chi connectivity index (χ2n) is 5.74. The summed E-state index contributed by atoms with van der Waals surface area (Å²) in [6.45, 7) is 5.74. The number of fused-ring (bicyclic) bond motifs is 1. The second kappa shape index (κ2) is 5.38. The Hall–Kier alpha value is -2.34. The van der Waals surface area contributed by atoms with Gasteiger partial charge in [-0.1, -0.05) is 6.07 Å². The first-order valence-electron chi connectivity index (χ1n) is 7.31. The molecule has 0 saturated heterocycles. The van der Waals surface area contributed by atoms with Crippen LogP contribution in [-0.4, -0.2) is 25.4 Å². The molecule has 5 nitrogen and oxygen atoms in total. The molecule has 0 radical (unpaired) electrons. The van der Waals surface area contributed by atoms with E-state index in [1.807, 2.05) is 32.9 Å². The van der Waals surface area contributed by atoms with Crippen molar-refractivity contribution in [2.75, 3.05) is 11.4 Å². The van der Waals surface area contributed by atoms with Gasteiger partial charge in [0.2, 0.25) is 0 Å². The van der Waals surface area contributed by atoms with E-state index >= 15 is 0 Å². The Labute approximate surface area is 136 Å². The van der Waals surface area contributed by atoms with Gasteiger partial charge < -0.3 is 4.98 Å². The molecule has 1 heterocycles. The van der Waals surface area contributed by atoms with Crippen molar-refractivity contribution in [3.63, 3.8) is 0 Å². The predicted octanol–water partition coefficient (Wildman–Crippen LogP) is 3.31. The number of anilines is 1. The van der Waals surface area contributed by atoms with Crippen LogP contribution in [0.25, 0.3) is 11.0 Å². The zero-order chi connectivity index (χ0) is 16.8. The fourth-order valence-electron chi connectivity index (χ4n) is 2.49. The predicted molar refractivity (Wildman–Crippen MR) is 92.3 cm³/mol. The van der Waals surface area contributed by atoms with E-state index in [9.17, 15) is 8.42 Å². The van der Waals surface area contributed by atoms with Gasteiger partial charge in [-0.05, 0) is 62.2 Å².